The van der Waals surface area contributed by atoms with Crippen molar-refractivity contribution in [3.05, 3.63) is 12.0 Å². The summed E-state index contributed by atoms with van der Waals surface area (Å²) in [6.45, 7) is 9.03. The fourth-order valence-electron chi connectivity index (χ4n) is 0.588. The van der Waals surface area contributed by atoms with E-state index in [1.807, 2.05) is 20.8 Å². The highest BCUT2D eigenvalue weighted by Gasteiger charge is 1.91. The minimum Gasteiger partial charge on any atom is -0.494 e. The highest BCUT2D eigenvalue weighted by Crippen LogP contribution is 1.99. The average molecular weight is 154 g/mol. The summed E-state index contributed by atoms with van der Waals surface area (Å²) in [5.74, 6) is 0.778. The lowest BCUT2D eigenvalue weighted by atomic mass is 10.5. The second-order valence-corrected chi connectivity index (χ2v) is 2.35. The summed E-state index contributed by atoms with van der Waals surface area (Å²) in [6, 6.07) is 0. The molecule has 0 atom stereocenters. The summed E-state index contributed by atoms with van der Waals surface area (Å²) in [7, 11) is 0. The summed E-state index contributed by atoms with van der Waals surface area (Å²) < 4.78 is 5.28. The predicted octanol–water partition coefficient (Wildman–Crippen LogP) is 2.00. The Balaban J connectivity index is 3.80. The molecule has 0 aromatic heterocycles. The van der Waals surface area contributed by atoms with Crippen LogP contribution in [-0.2, 0) is 4.74 Å². The van der Waals surface area contributed by atoms with Crippen LogP contribution >= 0.6 is 0 Å². The van der Waals surface area contributed by atoms with Gasteiger partial charge in [0, 0.05) is 0 Å². The van der Waals surface area contributed by atoms with Gasteiger partial charge in [-0.25, -0.2) is 4.99 Å². The van der Waals surface area contributed by atoms with E-state index in [0.29, 0.717) is 0 Å². The van der Waals surface area contributed by atoms with E-state index in [2.05, 4.69) is 16.7 Å². The van der Waals surface area contributed by atoms with Gasteiger partial charge in [0.05, 0.1) is 12.3 Å². The van der Waals surface area contributed by atoms with Gasteiger partial charge in [-0.05, 0) is 27.5 Å². The van der Waals surface area contributed by atoms with Gasteiger partial charge in [-0.15, -0.1) is 0 Å². The maximum atomic E-state index is 5.28. The van der Waals surface area contributed by atoms with Gasteiger partial charge in [-0.1, -0.05) is 0 Å². The lowest BCUT2D eigenvalue weighted by Crippen LogP contribution is -1.99. The van der Waals surface area contributed by atoms with Gasteiger partial charge in [0.25, 0.3) is 0 Å². The number of rotatable bonds is 4. The Bertz CT molecular complexity index is 171. The molecule has 0 amide bonds. The highest BCUT2D eigenvalue weighted by atomic mass is 16.5. The topological polar surface area (TPSA) is 34.0 Å². The molecule has 3 heteroatoms. The largest absolute Gasteiger partial charge is 0.494 e. The van der Waals surface area contributed by atoms with E-state index < -0.39 is 0 Å². The molecule has 0 spiro atoms. The van der Waals surface area contributed by atoms with E-state index in [4.69, 9.17) is 4.74 Å². The van der Waals surface area contributed by atoms with Gasteiger partial charge < -0.3 is 4.74 Å². The zero-order chi connectivity index (χ0) is 8.69. The van der Waals surface area contributed by atoms with Crippen LogP contribution in [0.2, 0.25) is 0 Å². The summed E-state index contributed by atoms with van der Waals surface area (Å²) in [5, 5.41) is 0. The van der Waals surface area contributed by atoms with Gasteiger partial charge in [0.15, 0.2) is 0 Å². The van der Waals surface area contributed by atoms with Crippen LogP contribution in [0.4, 0.5) is 0 Å². The molecule has 0 aliphatic rings. The first-order chi connectivity index (χ1) is 5.16. The van der Waals surface area contributed by atoms with Gasteiger partial charge in [0.1, 0.15) is 12.1 Å². The molecule has 0 rings (SSSR count). The van der Waals surface area contributed by atoms with Crippen LogP contribution in [0.1, 0.15) is 20.8 Å². The molecule has 62 valence electrons. The molecule has 0 N–H and O–H groups in total. The summed E-state index contributed by atoms with van der Waals surface area (Å²) >= 11 is 0. The Morgan fingerprint density at radius 1 is 1.55 bits per heavy atom. The van der Waals surface area contributed by atoms with Crippen molar-refractivity contribution in [3.63, 3.8) is 0 Å². The van der Waals surface area contributed by atoms with Crippen LogP contribution in [0.15, 0.2) is 21.9 Å². The highest BCUT2D eigenvalue weighted by molar-refractivity contribution is 5.62. The van der Waals surface area contributed by atoms with Crippen LogP contribution in [0.25, 0.3) is 0 Å². The van der Waals surface area contributed by atoms with Crippen molar-refractivity contribution in [1.82, 2.24) is 0 Å². The lowest BCUT2D eigenvalue weighted by Gasteiger charge is -2.07. The van der Waals surface area contributed by atoms with Gasteiger partial charge >= 0.3 is 0 Å². The standard InChI is InChI=1S/C8H14N2O/c1-7(2)11-8(3)5-10-6-9-4/h5-7H,4H2,1-3H3/b8-5+,10-6-. The van der Waals surface area contributed by atoms with Crippen molar-refractivity contribution in [1.29, 1.82) is 0 Å². The fourth-order valence-corrected chi connectivity index (χ4v) is 0.588. The van der Waals surface area contributed by atoms with E-state index in [-0.39, 0.29) is 6.10 Å². The Morgan fingerprint density at radius 3 is 2.64 bits per heavy atom. The molecule has 0 saturated heterocycles. The third kappa shape index (κ3) is 6.77. The molecule has 0 fully saturated rings. The molecule has 0 aromatic carbocycles. The Labute approximate surface area is 67.5 Å². The normalized spacial score (nSPS) is 12.5. The van der Waals surface area contributed by atoms with Gasteiger partial charge in [-0.3, -0.25) is 4.99 Å². The van der Waals surface area contributed by atoms with Crippen molar-refractivity contribution in [2.24, 2.45) is 9.98 Å². The smallest absolute Gasteiger partial charge is 0.114 e. The Morgan fingerprint density at radius 2 is 2.18 bits per heavy atom. The van der Waals surface area contributed by atoms with Crippen molar-refractivity contribution in [2.45, 2.75) is 26.9 Å². The molecule has 0 saturated carbocycles. The van der Waals surface area contributed by atoms with Gasteiger partial charge in [0.2, 0.25) is 0 Å². The molecular formula is C8H14N2O. The molecule has 0 unspecified atom stereocenters. The molecule has 0 bridgehead atoms. The van der Waals surface area contributed by atoms with Crippen LogP contribution < -0.4 is 0 Å². The molecule has 0 aliphatic heterocycles. The third-order valence-corrected chi connectivity index (χ3v) is 0.826. The third-order valence-electron chi connectivity index (χ3n) is 0.826. The maximum absolute atomic E-state index is 5.28. The summed E-state index contributed by atoms with van der Waals surface area (Å²) in [6.07, 6.45) is 3.17. The van der Waals surface area contributed by atoms with E-state index in [1.165, 1.54) is 6.34 Å². The maximum Gasteiger partial charge on any atom is 0.114 e. The first-order valence-electron chi connectivity index (χ1n) is 3.47. The lowest BCUT2D eigenvalue weighted by molar-refractivity contribution is 0.148. The van der Waals surface area contributed by atoms with E-state index >= 15 is 0 Å². The summed E-state index contributed by atoms with van der Waals surface area (Å²) in [5.41, 5.74) is 0. The molecule has 0 aromatic rings. The molecular weight excluding hydrogens is 140 g/mol. The molecule has 0 heterocycles. The van der Waals surface area contributed by atoms with Crippen molar-refractivity contribution >= 4 is 13.1 Å². The number of hydrogen-bond acceptors (Lipinski definition) is 2. The second kappa shape index (κ2) is 5.65. The molecule has 0 aliphatic carbocycles. The number of ether oxygens (including phenoxy) is 1. The van der Waals surface area contributed by atoms with Crippen LogP contribution in [0.3, 0.4) is 0 Å². The SMILES string of the molecule is C=N/C=N\C=C(/C)OC(C)C. The second-order valence-electron chi connectivity index (χ2n) is 2.35. The number of hydrogen-bond donors (Lipinski definition) is 0. The first kappa shape index (κ1) is 9.88. The van der Waals surface area contributed by atoms with Crippen molar-refractivity contribution in [3.8, 4) is 0 Å². The fraction of sp³-hybridized carbons (Fsp3) is 0.500. The molecule has 11 heavy (non-hydrogen) atoms. The summed E-state index contributed by atoms with van der Waals surface area (Å²) in [4.78, 5) is 7.25. The number of allylic oxidation sites excluding steroid dienone is 1. The van der Waals surface area contributed by atoms with Crippen LogP contribution in [0, 0.1) is 0 Å². The van der Waals surface area contributed by atoms with E-state index in [1.54, 1.807) is 6.20 Å². The Kier molecular flexibility index (Phi) is 5.07. The molecule has 0 radical (unpaired) electrons. The monoisotopic (exact) mass is 154 g/mol. The average Bonchev–Trinajstić information content (AvgIpc) is 1.86. The van der Waals surface area contributed by atoms with E-state index in [0.717, 1.165) is 5.76 Å². The molecule has 3 nitrogen and oxygen atoms in total. The Hall–Kier alpha value is -1.12. The number of nitrogens with zero attached hydrogens (tertiary/aromatic N) is 2. The van der Waals surface area contributed by atoms with Crippen LogP contribution in [-0.4, -0.2) is 19.2 Å². The van der Waals surface area contributed by atoms with Gasteiger partial charge in [-0.2, -0.15) is 0 Å². The van der Waals surface area contributed by atoms with Crippen molar-refractivity contribution in [2.75, 3.05) is 0 Å². The quantitative estimate of drug-likeness (QED) is 0.346. The van der Waals surface area contributed by atoms with Crippen LogP contribution in [0.5, 0.6) is 0 Å². The minimum atomic E-state index is 0.193. The predicted molar refractivity (Wildman–Crippen MR) is 48.0 cm³/mol. The zero-order valence-electron chi connectivity index (χ0n) is 7.24. The first-order valence-corrected chi connectivity index (χ1v) is 3.47. The minimum absolute atomic E-state index is 0.193. The van der Waals surface area contributed by atoms with Crippen molar-refractivity contribution < 1.29 is 4.74 Å². The zero-order valence-corrected chi connectivity index (χ0v) is 7.24. The van der Waals surface area contributed by atoms with E-state index in [9.17, 15) is 0 Å². The number of aliphatic imine (C=N–C) groups is 2.